The lowest BCUT2D eigenvalue weighted by Crippen LogP contribution is -2.61. The maximum atomic E-state index is 12.7. The number of rotatable bonds is 3. The van der Waals surface area contributed by atoms with Gasteiger partial charge in [-0.1, -0.05) is 6.42 Å². The number of fused-ring (bicyclic) bond motifs is 2. The summed E-state index contributed by atoms with van der Waals surface area (Å²) in [5.41, 5.74) is 0. The molecule has 2 aliphatic carbocycles. The number of amides is 2. The molecule has 2 heterocycles. The number of ether oxygens (including phenoxy) is 1. The summed E-state index contributed by atoms with van der Waals surface area (Å²) in [4.78, 5) is 17.1. The number of urea groups is 1. The van der Waals surface area contributed by atoms with Gasteiger partial charge < -0.3 is 20.1 Å². The van der Waals surface area contributed by atoms with Crippen LogP contribution < -0.4 is 5.32 Å². The summed E-state index contributed by atoms with van der Waals surface area (Å²) in [6.45, 7) is 3.95. The van der Waals surface area contributed by atoms with Gasteiger partial charge in [-0.25, -0.2) is 4.79 Å². The van der Waals surface area contributed by atoms with Crippen LogP contribution in [0.5, 0.6) is 0 Å². The van der Waals surface area contributed by atoms with Crippen molar-refractivity contribution in [2.24, 2.45) is 11.8 Å². The van der Waals surface area contributed by atoms with Crippen molar-refractivity contribution in [3.63, 3.8) is 0 Å². The maximum Gasteiger partial charge on any atom is 0.317 e. The Morgan fingerprint density at radius 2 is 1.87 bits per heavy atom. The van der Waals surface area contributed by atoms with E-state index >= 15 is 0 Å². The van der Waals surface area contributed by atoms with Gasteiger partial charge in [-0.15, -0.1) is 0 Å². The SMILES string of the molecule is O=C(NC1C2CCCC1CN(C1CC1)C2)N1CCOC(CO)C1. The topological polar surface area (TPSA) is 65.0 Å². The zero-order chi connectivity index (χ0) is 15.8. The zero-order valence-electron chi connectivity index (χ0n) is 13.8. The second-order valence-corrected chi connectivity index (χ2v) is 7.73. The van der Waals surface area contributed by atoms with Crippen LogP contribution in [0.1, 0.15) is 32.1 Å². The second-order valence-electron chi connectivity index (χ2n) is 7.73. The Bertz CT molecular complexity index is 429. The number of carbonyl (C=O) groups excluding carboxylic acids is 1. The summed E-state index contributed by atoms with van der Waals surface area (Å²) >= 11 is 0. The van der Waals surface area contributed by atoms with Gasteiger partial charge in [0.25, 0.3) is 0 Å². The van der Waals surface area contributed by atoms with E-state index in [4.69, 9.17) is 4.74 Å². The Hall–Kier alpha value is -0.850. The van der Waals surface area contributed by atoms with Crippen molar-refractivity contribution in [3.05, 3.63) is 0 Å². The van der Waals surface area contributed by atoms with Crippen LogP contribution in [-0.2, 0) is 4.74 Å². The van der Waals surface area contributed by atoms with Crippen LogP contribution >= 0.6 is 0 Å². The summed E-state index contributed by atoms with van der Waals surface area (Å²) in [5, 5.41) is 12.6. The van der Waals surface area contributed by atoms with E-state index in [1.807, 2.05) is 4.90 Å². The number of hydrogen-bond acceptors (Lipinski definition) is 4. The van der Waals surface area contributed by atoms with Gasteiger partial charge in [-0.05, 0) is 37.5 Å². The number of nitrogens with zero attached hydrogens (tertiary/aromatic N) is 2. The lowest BCUT2D eigenvalue weighted by atomic mass is 9.73. The molecule has 0 aromatic heterocycles. The third-order valence-electron chi connectivity index (χ3n) is 6.09. The molecule has 4 fully saturated rings. The monoisotopic (exact) mass is 323 g/mol. The first-order valence-corrected chi connectivity index (χ1v) is 9.26. The summed E-state index contributed by atoms with van der Waals surface area (Å²) in [7, 11) is 0. The van der Waals surface area contributed by atoms with Crippen LogP contribution in [0.25, 0.3) is 0 Å². The number of morpholine rings is 1. The molecule has 4 rings (SSSR count). The van der Waals surface area contributed by atoms with Gasteiger partial charge in [0.1, 0.15) is 0 Å². The fraction of sp³-hybridized carbons (Fsp3) is 0.941. The first-order chi connectivity index (χ1) is 11.2. The van der Waals surface area contributed by atoms with Crippen LogP contribution in [0, 0.1) is 11.8 Å². The average molecular weight is 323 g/mol. The van der Waals surface area contributed by atoms with Crippen molar-refractivity contribution in [3.8, 4) is 0 Å². The molecule has 2 amide bonds. The average Bonchev–Trinajstić information content (AvgIpc) is 3.39. The lowest BCUT2D eigenvalue weighted by molar-refractivity contribution is -0.0419. The normalized spacial score (nSPS) is 38.4. The fourth-order valence-corrected chi connectivity index (χ4v) is 4.69. The molecule has 0 aromatic rings. The maximum absolute atomic E-state index is 12.7. The van der Waals surface area contributed by atoms with Crippen LogP contribution in [-0.4, -0.2) is 78.5 Å². The van der Waals surface area contributed by atoms with E-state index in [0.29, 0.717) is 37.6 Å². The molecule has 130 valence electrons. The molecule has 2 bridgehead atoms. The molecule has 2 aliphatic heterocycles. The Morgan fingerprint density at radius 3 is 2.52 bits per heavy atom. The second kappa shape index (κ2) is 6.57. The molecule has 3 atom stereocenters. The molecule has 4 aliphatic rings. The van der Waals surface area contributed by atoms with Crippen molar-refractivity contribution in [1.82, 2.24) is 15.1 Å². The first-order valence-electron chi connectivity index (χ1n) is 9.26. The minimum Gasteiger partial charge on any atom is -0.394 e. The molecule has 0 radical (unpaired) electrons. The van der Waals surface area contributed by atoms with Gasteiger partial charge in [-0.3, -0.25) is 4.90 Å². The number of hydrogen-bond donors (Lipinski definition) is 2. The highest BCUT2D eigenvalue weighted by atomic mass is 16.5. The Balaban J connectivity index is 1.37. The Kier molecular flexibility index (Phi) is 4.48. The summed E-state index contributed by atoms with van der Waals surface area (Å²) in [5.74, 6) is 1.23. The molecule has 2 N–H and O–H groups in total. The lowest BCUT2D eigenvalue weighted by Gasteiger charge is -2.48. The number of aliphatic hydroxyl groups excluding tert-OH is 1. The standard InChI is InChI=1S/C17H29N3O3/c21-11-15-10-19(6-7-23-15)17(22)18-16-12-2-1-3-13(16)9-20(8-12)14-4-5-14/h12-16,21H,1-11H2,(H,18,22). The summed E-state index contributed by atoms with van der Waals surface area (Å²) in [6.07, 6.45) is 6.30. The Labute approximate surface area is 138 Å². The molecule has 3 unspecified atom stereocenters. The van der Waals surface area contributed by atoms with E-state index in [1.54, 1.807) is 0 Å². The number of aliphatic hydroxyl groups is 1. The van der Waals surface area contributed by atoms with E-state index in [1.165, 1.54) is 32.1 Å². The van der Waals surface area contributed by atoms with Crippen LogP contribution in [0.15, 0.2) is 0 Å². The summed E-state index contributed by atoms with van der Waals surface area (Å²) < 4.78 is 5.44. The number of likely N-dealkylation sites (tertiary alicyclic amines) is 1. The van der Waals surface area contributed by atoms with Crippen LogP contribution in [0.4, 0.5) is 4.79 Å². The third-order valence-corrected chi connectivity index (χ3v) is 6.09. The zero-order valence-corrected chi connectivity index (χ0v) is 13.8. The molecule has 6 nitrogen and oxygen atoms in total. The predicted molar refractivity (Wildman–Crippen MR) is 86.1 cm³/mol. The van der Waals surface area contributed by atoms with Gasteiger partial charge in [-0.2, -0.15) is 0 Å². The molecular formula is C17H29N3O3. The molecule has 2 saturated heterocycles. The van der Waals surface area contributed by atoms with E-state index < -0.39 is 0 Å². The smallest absolute Gasteiger partial charge is 0.317 e. The molecule has 0 aromatic carbocycles. The number of carbonyl (C=O) groups is 1. The number of piperidine rings is 1. The fourth-order valence-electron chi connectivity index (χ4n) is 4.69. The largest absolute Gasteiger partial charge is 0.394 e. The third kappa shape index (κ3) is 3.35. The van der Waals surface area contributed by atoms with Gasteiger partial charge in [0.2, 0.25) is 0 Å². The van der Waals surface area contributed by atoms with E-state index in [9.17, 15) is 9.90 Å². The highest BCUT2D eigenvalue weighted by molar-refractivity contribution is 5.74. The van der Waals surface area contributed by atoms with Gasteiger partial charge in [0.15, 0.2) is 0 Å². The quantitative estimate of drug-likeness (QED) is 0.800. The van der Waals surface area contributed by atoms with Crippen molar-refractivity contribution in [1.29, 1.82) is 0 Å². The first kappa shape index (κ1) is 15.7. The molecule has 23 heavy (non-hydrogen) atoms. The van der Waals surface area contributed by atoms with Crippen molar-refractivity contribution in [2.45, 2.75) is 50.3 Å². The number of nitrogens with one attached hydrogen (secondary N) is 1. The molecule has 0 spiro atoms. The highest BCUT2D eigenvalue weighted by Crippen LogP contribution is 2.39. The van der Waals surface area contributed by atoms with Crippen molar-refractivity contribution >= 4 is 6.03 Å². The molecule has 6 heteroatoms. The van der Waals surface area contributed by atoms with Gasteiger partial charge in [0.05, 0.1) is 25.9 Å². The Morgan fingerprint density at radius 1 is 1.13 bits per heavy atom. The van der Waals surface area contributed by atoms with E-state index in [-0.39, 0.29) is 18.7 Å². The van der Waals surface area contributed by atoms with Gasteiger partial charge in [0, 0.05) is 31.7 Å². The van der Waals surface area contributed by atoms with E-state index in [2.05, 4.69) is 10.2 Å². The highest BCUT2D eigenvalue weighted by Gasteiger charge is 2.44. The minimum atomic E-state index is -0.231. The van der Waals surface area contributed by atoms with Crippen molar-refractivity contribution in [2.75, 3.05) is 39.4 Å². The minimum absolute atomic E-state index is 0.0190. The van der Waals surface area contributed by atoms with E-state index in [0.717, 1.165) is 19.1 Å². The van der Waals surface area contributed by atoms with Crippen LogP contribution in [0.2, 0.25) is 0 Å². The predicted octanol–water partition coefficient (Wildman–Crippen LogP) is 0.652. The molecule has 2 saturated carbocycles. The van der Waals surface area contributed by atoms with Crippen LogP contribution in [0.3, 0.4) is 0 Å². The summed E-state index contributed by atoms with van der Waals surface area (Å²) in [6, 6.07) is 1.20. The van der Waals surface area contributed by atoms with Crippen molar-refractivity contribution < 1.29 is 14.6 Å². The van der Waals surface area contributed by atoms with Gasteiger partial charge >= 0.3 is 6.03 Å². The molecular weight excluding hydrogens is 294 g/mol.